The maximum atomic E-state index is 9.68. The van der Waals surface area contributed by atoms with Crippen LogP contribution in [0.2, 0.25) is 0 Å². The molecular weight excluding hydrogens is 250 g/mol. The van der Waals surface area contributed by atoms with Crippen LogP contribution in [0.4, 0.5) is 0 Å². The summed E-state index contributed by atoms with van der Waals surface area (Å²) in [6.07, 6.45) is 0. The quantitative estimate of drug-likeness (QED) is 0.842. The SMILES string of the molecule is CCOc1cc(CN[C@@H](C)c2ccccc2)ccc1O. The first kappa shape index (κ1) is 14.4. The van der Waals surface area contributed by atoms with Crippen molar-refractivity contribution in [2.24, 2.45) is 0 Å². The lowest BCUT2D eigenvalue weighted by molar-refractivity contribution is 0.317. The lowest BCUT2D eigenvalue weighted by Gasteiger charge is -2.15. The molecule has 0 heterocycles. The first-order chi connectivity index (χ1) is 9.70. The van der Waals surface area contributed by atoms with Crippen molar-refractivity contribution < 1.29 is 9.84 Å². The van der Waals surface area contributed by atoms with Gasteiger partial charge in [-0.05, 0) is 37.1 Å². The maximum absolute atomic E-state index is 9.68. The van der Waals surface area contributed by atoms with Gasteiger partial charge in [-0.1, -0.05) is 36.4 Å². The van der Waals surface area contributed by atoms with Gasteiger partial charge in [-0.2, -0.15) is 0 Å². The predicted octanol–water partition coefficient (Wildman–Crippen LogP) is 3.64. The van der Waals surface area contributed by atoms with Crippen molar-refractivity contribution in [3.05, 3.63) is 59.7 Å². The largest absolute Gasteiger partial charge is 0.504 e. The van der Waals surface area contributed by atoms with Crippen LogP contribution in [0, 0.1) is 0 Å². The van der Waals surface area contributed by atoms with Crippen LogP contribution in [0.5, 0.6) is 11.5 Å². The van der Waals surface area contributed by atoms with E-state index in [2.05, 4.69) is 24.4 Å². The molecule has 0 unspecified atom stereocenters. The molecule has 2 rings (SSSR count). The van der Waals surface area contributed by atoms with Crippen LogP contribution in [0.25, 0.3) is 0 Å². The molecule has 3 heteroatoms. The van der Waals surface area contributed by atoms with Gasteiger partial charge in [-0.3, -0.25) is 0 Å². The molecule has 0 saturated carbocycles. The van der Waals surface area contributed by atoms with Gasteiger partial charge in [0, 0.05) is 12.6 Å². The number of hydrogen-bond acceptors (Lipinski definition) is 3. The van der Waals surface area contributed by atoms with Gasteiger partial charge >= 0.3 is 0 Å². The van der Waals surface area contributed by atoms with Crippen LogP contribution in [0.1, 0.15) is 31.0 Å². The topological polar surface area (TPSA) is 41.5 Å². The van der Waals surface area contributed by atoms with Gasteiger partial charge in [0.25, 0.3) is 0 Å². The van der Waals surface area contributed by atoms with E-state index in [-0.39, 0.29) is 11.8 Å². The fourth-order valence-corrected chi connectivity index (χ4v) is 2.07. The second kappa shape index (κ2) is 6.96. The monoisotopic (exact) mass is 271 g/mol. The van der Waals surface area contributed by atoms with Gasteiger partial charge < -0.3 is 15.2 Å². The van der Waals surface area contributed by atoms with Crippen LogP contribution in [-0.4, -0.2) is 11.7 Å². The first-order valence-electron chi connectivity index (χ1n) is 6.93. The molecule has 0 aromatic heterocycles. The summed E-state index contributed by atoms with van der Waals surface area (Å²) in [6.45, 7) is 5.32. The van der Waals surface area contributed by atoms with Crippen LogP contribution >= 0.6 is 0 Å². The minimum atomic E-state index is 0.187. The Labute approximate surface area is 120 Å². The van der Waals surface area contributed by atoms with Crippen molar-refractivity contribution in [2.75, 3.05) is 6.61 Å². The van der Waals surface area contributed by atoms with Gasteiger partial charge in [0.1, 0.15) is 0 Å². The number of aromatic hydroxyl groups is 1. The Hall–Kier alpha value is -2.00. The fourth-order valence-electron chi connectivity index (χ4n) is 2.07. The van der Waals surface area contributed by atoms with Crippen molar-refractivity contribution in [3.63, 3.8) is 0 Å². The molecular formula is C17H21NO2. The summed E-state index contributed by atoms with van der Waals surface area (Å²) in [4.78, 5) is 0. The highest BCUT2D eigenvalue weighted by Gasteiger charge is 2.06. The Morgan fingerprint density at radius 2 is 1.90 bits per heavy atom. The van der Waals surface area contributed by atoms with Crippen LogP contribution in [0.3, 0.4) is 0 Å². The Bertz CT molecular complexity index is 540. The van der Waals surface area contributed by atoms with Crippen LogP contribution in [0.15, 0.2) is 48.5 Å². The molecule has 0 amide bonds. The summed E-state index contributed by atoms with van der Waals surface area (Å²) in [7, 11) is 0. The summed E-state index contributed by atoms with van der Waals surface area (Å²) < 4.78 is 5.39. The molecule has 20 heavy (non-hydrogen) atoms. The zero-order valence-electron chi connectivity index (χ0n) is 12.0. The number of ether oxygens (including phenoxy) is 1. The molecule has 0 aliphatic rings. The van der Waals surface area contributed by atoms with Crippen molar-refractivity contribution in [2.45, 2.75) is 26.4 Å². The molecule has 3 nitrogen and oxygen atoms in total. The Morgan fingerprint density at radius 1 is 1.15 bits per heavy atom. The van der Waals surface area contributed by atoms with Crippen molar-refractivity contribution in [1.82, 2.24) is 5.32 Å². The number of benzene rings is 2. The van der Waals surface area contributed by atoms with E-state index in [0.717, 1.165) is 12.1 Å². The Balaban J connectivity index is 1.98. The van der Waals surface area contributed by atoms with E-state index in [1.165, 1.54) is 5.56 Å². The summed E-state index contributed by atoms with van der Waals surface area (Å²) in [5.41, 5.74) is 2.35. The summed E-state index contributed by atoms with van der Waals surface area (Å²) in [5.74, 6) is 0.728. The molecule has 0 aliphatic heterocycles. The second-order valence-corrected chi connectivity index (χ2v) is 4.75. The number of phenols is 1. The lowest BCUT2D eigenvalue weighted by atomic mass is 10.1. The highest BCUT2D eigenvalue weighted by molar-refractivity contribution is 5.41. The summed E-state index contributed by atoms with van der Waals surface area (Å²) in [5, 5.41) is 13.1. The predicted molar refractivity (Wildman–Crippen MR) is 81.0 cm³/mol. The maximum Gasteiger partial charge on any atom is 0.161 e. The molecule has 0 fully saturated rings. The number of hydrogen-bond donors (Lipinski definition) is 2. The second-order valence-electron chi connectivity index (χ2n) is 4.75. The van der Waals surface area contributed by atoms with E-state index in [0.29, 0.717) is 12.4 Å². The van der Waals surface area contributed by atoms with Gasteiger partial charge in [0.05, 0.1) is 6.61 Å². The molecule has 0 saturated heterocycles. The Kier molecular flexibility index (Phi) is 5.02. The average molecular weight is 271 g/mol. The molecule has 2 aromatic rings. The molecule has 0 bridgehead atoms. The average Bonchev–Trinajstić information content (AvgIpc) is 2.49. The normalized spacial score (nSPS) is 12.1. The van der Waals surface area contributed by atoms with Gasteiger partial charge in [0.15, 0.2) is 11.5 Å². The smallest absolute Gasteiger partial charge is 0.161 e. The van der Waals surface area contributed by atoms with E-state index in [1.54, 1.807) is 6.07 Å². The van der Waals surface area contributed by atoms with E-state index in [1.807, 2.05) is 37.3 Å². The van der Waals surface area contributed by atoms with Crippen molar-refractivity contribution in [1.29, 1.82) is 0 Å². The molecule has 0 spiro atoms. The van der Waals surface area contributed by atoms with Crippen LogP contribution in [-0.2, 0) is 6.54 Å². The van der Waals surface area contributed by atoms with E-state index >= 15 is 0 Å². The highest BCUT2D eigenvalue weighted by atomic mass is 16.5. The number of rotatable bonds is 6. The van der Waals surface area contributed by atoms with Gasteiger partial charge in [0.2, 0.25) is 0 Å². The number of phenolic OH excluding ortho intramolecular Hbond substituents is 1. The van der Waals surface area contributed by atoms with Crippen molar-refractivity contribution in [3.8, 4) is 11.5 Å². The zero-order valence-corrected chi connectivity index (χ0v) is 12.0. The molecule has 0 radical (unpaired) electrons. The summed E-state index contributed by atoms with van der Waals surface area (Å²) in [6, 6.07) is 16.1. The molecule has 106 valence electrons. The molecule has 2 aromatic carbocycles. The summed E-state index contributed by atoms with van der Waals surface area (Å²) >= 11 is 0. The lowest BCUT2D eigenvalue weighted by Crippen LogP contribution is -2.18. The fraction of sp³-hybridized carbons (Fsp3) is 0.294. The number of nitrogens with one attached hydrogen (secondary N) is 1. The van der Waals surface area contributed by atoms with Gasteiger partial charge in [-0.25, -0.2) is 0 Å². The van der Waals surface area contributed by atoms with Gasteiger partial charge in [-0.15, -0.1) is 0 Å². The third-order valence-electron chi connectivity index (χ3n) is 3.24. The standard InChI is InChI=1S/C17H21NO2/c1-3-20-17-11-14(9-10-16(17)19)12-18-13(2)15-7-5-4-6-8-15/h4-11,13,18-19H,3,12H2,1-2H3/t13-/m0/s1. The first-order valence-corrected chi connectivity index (χ1v) is 6.93. The minimum Gasteiger partial charge on any atom is -0.504 e. The Morgan fingerprint density at radius 3 is 2.60 bits per heavy atom. The van der Waals surface area contributed by atoms with Crippen LogP contribution < -0.4 is 10.1 Å². The van der Waals surface area contributed by atoms with E-state index in [4.69, 9.17) is 4.74 Å². The third kappa shape index (κ3) is 3.75. The minimum absolute atomic E-state index is 0.187. The highest BCUT2D eigenvalue weighted by Crippen LogP contribution is 2.27. The van der Waals surface area contributed by atoms with Crippen molar-refractivity contribution >= 4 is 0 Å². The molecule has 0 aliphatic carbocycles. The molecule has 1 atom stereocenters. The van der Waals surface area contributed by atoms with E-state index < -0.39 is 0 Å². The van der Waals surface area contributed by atoms with E-state index in [9.17, 15) is 5.11 Å². The zero-order chi connectivity index (χ0) is 14.4. The molecule has 2 N–H and O–H groups in total. The third-order valence-corrected chi connectivity index (χ3v) is 3.24.